The number of hydrogen-bond donors (Lipinski definition) is 2. The van der Waals surface area contributed by atoms with Gasteiger partial charge in [0.1, 0.15) is 5.82 Å². The number of benzene rings is 1. The molecule has 0 amide bonds. The van der Waals surface area contributed by atoms with Gasteiger partial charge in [0.15, 0.2) is 0 Å². The van der Waals surface area contributed by atoms with Gasteiger partial charge < -0.3 is 10.4 Å². The van der Waals surface area contributed by atoms with Crippen molar-refractivity contribution in [3.05, 3.63) is 35.6 Å². The molecule has 0 bridgehead atoms. The van der Waals surface area contributed by atoms with Crippen LogP contribution in [0.4, 0.5) is 4.39 Å². The highest BCUT2D eigenvalue weighted by Crippen LogP contribution is 2.25. The van der Waals surface area contributed by atoms with Crippen LogP contribution in [0.5, 0.6) is 0 Å². The molecule has 2 N–H and O–H groups in total. The summed E-state index contributed by atoms with van der Waals surface area (Å²) in [6.45, 7) is 4.24. The zero-order valence-electron chi connectivity index (χ0n) is 12.5. The Kier molecular flexibility index (Phi) is 5.55. The largest absolute Gasteiger partial charge is 0.387 e. The summed E-state index contributed by atoms with van der Waals surface area (Å²) in [4.78, 5) is 0. The third kappa shape index (κ3) is 4.03. The predicted molar refractivity (Wildman–Crippen MR) is 80.0 cm³/mol. The molecular formula is C17H26FNO. The highest BCUT2D eigenvalue weighted by Gasteiger charge is 2.27. The Bertz CT molecular complexity index is 398. The van der Waals surface area contributed by atoms with Crippen LogP contribution in [0.3, 0.4) is 0 Å². The van der Waals surface area contributed by atoms with Crippen molar-refractivity contribution in [2.24, 2.45) is 5.92 Å². The maximum absolute atomic E-state index is 13.0. The van der Waals surface area contributed by atoms with E-state index in [4.69, 9.17) is 0 Å². The molecule has 2 atom stereocenters. The van der Waals surface area contributed by atoms with Crippen LogP contribution in [0, 0.1) is 11.7 Å². The Labute approximate surface area is 121 Å². The molecule has 1 aliphatic rings. The van der Waals surface area contributed by atoms with Crippen molar-refractivity contribution >= 4 is 0 Å². The minimum absolute atomic E-state index is 0.0172. The zero-order chi connectivity index (χ0) is 14.5. The lowest BCUT2D eigenvalue weighted by Gasteiger charge is -2.34. The van der Waals surface area contributed by atoms with E-state index < -0.39 is 6.10 Å². The topological polar surface area (TPSA) is 32.3 Å². The van der Waals surface area contributed by atoms with Crippen LogP contribution in [0.25, 0.3) is 0 Å². The molecule has 2 nitrogen and oxygen atoms in total. The summed E-state index contributed by atoms with van der Waals surface area (Å²) >= 11 is 0. The van der Waals surface area contributed by atoms with Gasteiger partial charge in [0, 0.05) is 12.1 Å². The van der Waals surface area contributed by atoms with Gasteiger partial charge in [-0.3, -0.25) is 0 Å². The number of halogens is 1. The first-order valence-corrected chi connectivity index (χ1v) is 7.77. The maximum atomic E-state index is 13.0. The molecule has 3 heteroatoms. The maximum Gasteiger partial charge on any atom is 0.123 e. The van der Waals surface area contributed by atoms with Crippen molar-refractivity contribution in [2.45, 2.75) is 64.1 Å². The Balaban J connectivity index is 2.04. The Morgan fingerprint density at radius 2 is 1.70 bits per heavy atom. The fourth-order valence-corrected chi connectivity index (χ4v) is 3.06. The lowest BCUT2D eigenvalue weighted by atomic mass is 9.89. The van der Waals surface area contributed by atoms with Crippen molar-refractivity contribution in [1.29, 1.82) is 0 Å². The van der Waals surface area contributed by atoms with Gasteiger partial charge in [-0.05, 0) is 36.5 Å². The van der Waals surface area contributed by atoms with Crippen LogP contribution < -0.4 is 5.32 Å². The van der Waals surface area contributed by atoms with E-state index in [1.807, 2.05) is 0 Å². The van der Waals surface area contributed by atoms with E-state index in [1.165, 1.54) is 44.2 Å². The summed E-state index contributed by atoms with van der Waals surface area (Å²) in [7, 11) is 0. The minimum atomic E-state index is -0.586. The molecule has 2 unspecified atom stereocenters. The van der Waals surface area contributed by atoms with E-state index in [2.05, 4.69) is 19.2 Å². The molecule has 0 spiro atoms. The highest BCUT2D eigenvalue weighted by atomic mass is 19.1. The SMILES string of the molecule is CC(C)C(NC1CCCCC1)C(O)c1ccc(F)cc1. The fourth-order valence-electron chi connectivity index (χ4n) is 3.06. The molecule has 1 fully saturated rings. The average Bonchev–Trinajstić information content (AvgIpc) is 2.45. The number of nitrogens with one attached hydrogen (secondary N) is 1. The second-order valence-corrected chi connectivity index (χ2v) is 6.27. The first-order chi connectivity index (χ1) is 9.58. The van der Waals surface area contributed by atoms with Gasteiger partial charge in [-0.2, -0.15) is 0 Å². The van der Waals surface area contributed by atoms with E-state index in [0.717, 1.165) is 5.56 Å². The van der Waals surface area contributed by atoms with Gasteiger partial charge in [-0.25, -0.2) is 4.39 Å². The first-order valence-electron chi connectivity index (χ1n) is 7.77. The molecule has 1 saturated carbocycles. The van der Waals surface area contributed by atoms with Crippen molar-refractivity contribution in [3.63, 3.8) is 0 Å². The average molecular weight is 279 g/mol. The summed E-state index contributed by atoms with van der Waals surface area (Å²) < 4.78 is 13.0. The summed E-state index contributed by atoms with van der Waals surface area (Å²) in [5.41, 5.74) is 0.786. The molecule has 0 radical (unpaired) electrons. The van der Waals surface area contributed by atoms with Gasteiger partial charge in [-0.15, -0.1) is 0 Å². The van der Waals surface area contributed by atoms with E-state index in [-0.39, 0.29) is 11.9 Å². The standard InChI is InChI=1S/C17H26FNO/c1-12(2)16(19-15-6-4-3-5-7-15)17(20)13-8-10-14(18)11-9-13/h8-12,15-17,19-20H,3-7H2,1-2H3. The summed E-state index contributed by atoms with van der Waals surface area (Å²) in [6, 6.07) is 6.71. The summed E-state index contributed by atoms with van der Waals surface area (Å²) in [5, 5.41) is 14.2. The van der Waals surface area contributed by atoms with Crippen molar-refractivity contribution in [3.8, 4) is 0 Å². The van der Waals surface area contributed by atoms with Gasteiger partial charge >= 0.3 is 0 Å². The minimum Gasteiger partial charge on any atom is -0.387 e. The van der Waals surface area contributed by atoms with Crippen molar-refractivity contribution < 1.29 is 9.50 Å². The first kappa shape index (κ1) is 15.5. The number of aliphatic hydroxyl groups excluding tert-OH is 1. The number of hydrogen-bond acceptors (Lipinski definition) is 2. The summed E-state index contributed by atoms with van der Waals surface area (Å²) in [5.74, 6) is 0.0688. The quantitative estimate of drug-likeness (QED) is 0.859. The predicted octanol–water partition coefficient (Wildman–Crippen LogP) is 3.81. The van der Waals surface area contributed by atoms with E-state index in [9.17, 15) is 9.50 Å². The third-order valence-corrected chi connectivity index (χ3v) is 4.30. The van der Waals surface area contributed by atoms with Crippen LogP contribution in [0.2, 0.25) is 0 Å². The molecule has 1 aromatic rings. The molecule has 0 saturated heterocycles. The molecular weight excluding hydrogens is 253 g/mol. The van der Waals surface area contributed by atoms with Crippen molar-refractivity contribution in [1.82, 2.24) is 5.32 Å². The second kappa shape index (κ2) is 7.19. The molecule has 1 aliphatic carbocycles. The molecule has 0 aliphatic heterocycles. The smallest absolute Gasteiger partial charge is 0.123 e. The Morgan fingerprint density at radius 1 is 1.10 bits per heavy atom. The molecule has 2 rings (SSSR count). The monoisotopic (exact) mass is 279 g/mol. The lowest BCUT2D eigenvalue weighted by Crippen LogP contribution is -2.45. The van der Waals surface area contributed by atoms with Gasteiger partial charge in [0.25, 0.3) is 0 Å². The summed E-state index contributed by atoms with van der Waals surface area (Å²) in [6.07, 6.45) is 5.67. The lowest BCUT2D eigenvalue weighted by molar-refractivity contribution is 0.0934. The van der Waals surface area contributed by atoms with Crippen LogP contribution in [-0.2, 0) is 0 Å². The van der Waals surface area contributed by atoms with Crippen LogP contribution in [0.1, 0.15) is 57.6 Å². The van der Waals surface area contributed by atoms with E-state index >= 15 is 0 Å². The van der Waals surface area contributed by atoms with Gasteiger partial charge in [-0.1, -0.05) is 45.2 Å². The molecule has 20 heavy (non-hydrogen) atoms. The van der Waals surface area contributed by atoms with E-state index in [0.29, 0.717) is 12.0 Å². The molecule has 112 valence electrons. The van der Waals surface area contributed by atoms with Gasteiger partial charge in [0.05, 0.1) is 6.10 Å². The normalized spacial score (nSPS) is 20.1. The second-order valence-electron chi connectivity index (χ2n) is 6.27. The Hall–Kier alpha value is -0.930. The van der Waals surface area contributed by atoms with Crippen LogP contribution in [0.15, 0.2) is 24.3 Å². The van der Waals surface area contributed by atoms with Crippen molar-refractivity contribution in [2.75, 3.05) is 0 Å². The molecule has 0 aromatic heterocycles. The number of rotatable bonds is 5. The number of aliphatic hydroxyl groups is 1. The van der Waals surface area contributed by atoms with Crippen LogP contribution in [-0.4, -0.2) is 17.2 Å². The Morgan fingerprint density at radius 3 is 2.25 bits per heavy atom. The third-order valence-electron chi connectivity index (χ3n) is 4.30. The van der Waals surface area contributed by atoms with E-state index in [1.54, 1.807) is 12.1 Å². The van der Waals surface area contributed by atoms with Gasteiger partial charge in [0.2, 0.25) is 0 Å². The van der Waals surface area contributed by atoms with Crippen LogP contribution >= 0.6 is 0 Å². The fraction of sp³-hybridized carbons (Fsp3) is 0.647. The molecule has 1 aromatic carbocycles. The molecule has 0 heterocycles. The zero-order valence-corrected chi connectivity index (χ0v) is 12.5. The highest BCUT2D eigenvalue weighted by molar-refractivity contribution is 5.20.